The molecule has 3 N–H and O–H groups in total. The lowest BCUT2D eigenvalue weighted by molar-refractivity contribution is -0.386. The van der Waals surface area contributed by atoms with Crippen molar-refractivity contribution in [2.24, 2.45) is 0 Å². The minimum absolute atomic E-state index is 0.0626. The molecule has 0 atom stereocenters. The number of anilines is 1. The lowest BCUT2D eigenvalue weighted by Crippen LogP contribution is -2.23. The third kappa shape index (κ3) is 7.55. The monoisotopic (exact) mass is 474 g/mol. The summed E-state index contributed by atoms with van der Waals surface area (Å²) in [5.41, 5.74) is 3.59. The van der Waals surface area contributed by atoms with Crippen molar-refractivity contribution in [2.75, 3.05) is 5.73 Å². The Labute approximate surface area is 193 Å². The summed E-state index contributed by atoms with van der Waals surface area (Å²) in [7, 11) is 0. The van der Waals surface area contributed by atoms with Crippen molar-refractivity contribution >= 4 is 17.1 Å². The Bertz CT molecular complexity index is 1310. The van der Waals surface area contributed by atoms with Crippen molar-refractivity contribution in [3.05, 3.63) is 106 Å². The van der Waals surface area contributed by atoms with E-state index in [0.717, 1.165) is 6.07 Å². The highest BCUT2D eigenvalue weighted by Gasteiger charge is 2.14. The molecule has 0 aliphatic carbocycles. The Kier molecular flexibility index (Phi) is 10.1. The van der Waals surface area contributed by atoms with E-state index in [-0.39, 0.29) is 23.3 Å². The van der Waals surface area contributed by atoms with Gasteiger partial charge >= 0.3 is 22.5 Å². The SMILES string of the molecule is CC(C)n1cccc(N)c1=O.CC(C)n1cccc([N+](=O)[O-])c1=O.O=c1[nH]cccc1[N+](=O)[O-]. The molecule has 0 amide bonds. The number of hydrogen-bond acceptors (Lipinski definition) is 8. The van der Waals surface area contributed by atoms with Crippen molar-refractivity contribution in [3.63, 3.8) is 0 Å². The molecular weight excluding hydrogens is 448 g/mol. The van der Waals surface area contributed by atoms with Crippen LogP contribution in [-0.2, 0) is 0 Å². The number of nitrogen functional groups attached to an aromatic ring is 1. The smallest absolute Gasteiger partial charge is 0.334 e. The van der Waals surface area contributed by atoms with Crippen LogP contribution in [0.15, 0.2) is 69.4 Å². The molecule has 34 heavy (non-hydrogen) atoms. The van der Waals surface area contributed by atoms with E-state index in [9.17, 15) is 34.6 Å². The summed E-state index contributed by atoms with van der Waals surface area (Å²) in [6.45, 7) is 7.48. The molecule has 0 aromatic carbocycles. The first-order valence-electron chi connectivity index (χ1n) is 10.0. The molecule has 0 saturated carbocycles. The van der Waals surface area contributed by atoms with Crippen molar-refractivity contribution in [3.8, 4) is 0 Å². The van der Waals surface area contributed by atoms with Crippen molar-refractivity contribution < 1.29 is 9.85 Å². The van der Waals surface area contributed by atoms with E-state index in [1.807, 2.05) is 13.8 Å². The summed E-state index contributed by atoms with van der Waals surface area (Å²) >= 11 is 0. The van der Waals surface area contributed by atoms with E-state index in [1.54, 1.807) is 42.9 Å². The van der Waals surface area contributed by atoms with Crippen LogP contribution in [0.5, 0.6) is 0 Å². The van der Waals surface area contributed by atoms with Gasteiger partial charge in [-0.05, 0) is 52.0 Å². The largest absolute Gasteiger partial charge is 0.394 e. The Hall–Kier alpha value is -4.55. The second kappa shape index (κ2) is 12.5. The van der Waals surface area contributed by atoms with Gasteiger partial charge in [0.2, 0.25) is 0 Å². The summed E-state index contributed by atoms with van der Waals surface area (Å²) in [6, 6.07) is 8.76. The van der Waals surface area contributed by atoms with Gasteiger partial charge in [0.05, 0.1) is 15.5 Å². The van der Waals surface area contributed by atoms with Gasteiger partial charge in [0.1, 0.15) is 0 Å². The third-order valence-corrected chi connectivity index (χ3v) is 4.26. The molecule has 3 aromatic rings. The van der Waals surface area contributed by atoms with Crippen LogP contribution in [0.3, 0.4) is 0 Å². The molecule has 182 valence electrons. The fourth-order valence-electron chi connectivity index (χ4n) is 2.53. The summed E-state index contributed by atoms with van der Waals surface area (Å²) < 4.78 is 2.94. The van der Waals surface area contributed by atoms with Crippen LogP contribution in [0, 0.1) is 20.2 Å². The minimum Gasteiger partial charge on any atom is -0.394 e. The van der Waals surface area contributed by atoms with Gasteiger partial charge in [-0.1, -0.05) is 0 Å². The van der Waals surface area contributed by atoms with Crippen LogP contribution in [0.2, 0.25) is 0 Å². The van der Waals surface area contributed by atoms with Gasteiger partial charge in [-0.25, -0.2) is 0 Å². The number of nitrogens with one attached hydrogen (secondary N) is 1. The second-order valence-corrected chi connectivity index (χ2v) is 7.37. The normalized spacial score (nSPS) is 10.1. The van der Waals surface area contributed by atoms with Crippen LogP contribution in [-0.4, -0.2) is 24.0 Å². The van der Waals surface area contributed by atoms with E-state index >= 15 is 0 Å². The molecule has 3 aromatic heterocycles. The zero-order chi connectivity index (χ0) is 26.0. The summed E-state index contributed by atoms with van der Waals surface area (Å²) in [6.07, 6.45) is 4.62. The molecule has 0 saturated heterocycles. The van der Waals surface area contributed by atoms with Crippen LogP contribution >= 0.6 is 0 Å². The molecular formula is C21H26N6O7. The van der Waals surface area contributed by atoms with E-state index in [4.69, 9.17) is 5.73 Å². The van der Waals surface area contributed by atoms with E-state index < -0.39 is 26.7 Å². The summed E-state index contributed by atoms with van der Waals surface area (Å²) in [4.78, 5) is 54.4. The number of nitrogens with zero attached hydrogens (tertiary/aromatic N) is 4. The predicted octanol–water partition coefficient (Wildman–Crippen LogP) is 2.63. The molecule has 0 fully saturated rings. The summed E-state index contributed by atoms with van der Waals surface area (Å²) in [5, 5.41) is 20.4. The molecule has 3 heterocycles. The van der Waals surface area contributed by atoms with Gasteiger partial charge in [-0.2, -0.15) is 0 Å². The topological polar surface area (TPSA) is 189 Å². The average Bonchev–Trinajstić information content (AvgIpc) is 2.76. The Balaban J connectivity index is 0.000000257. The van der Waals surface area contributed by atoms with E-state index in [2.05, 4.69) is 4.98 Å². The van der Waals surface area contributed by atoms with Crippen LogP contribution in [0.25, 0.3) is 0 Å². The molecule has 0 radical (unpaired) electrons. The van der Waals surface area contributed by atoms with Crippen molar-refractivity contribution in [1.29, 1.82) is 0 Å². The second-order valence-electron chi connectivity index (χ2n) is 7.37. The molecule has 0 spiro atoms. The number of nitro groups is 2. The lowest BCUT2D eigenvalue weighted by atomic mass is 10.3. The molecule has 0 unspecified atom stereocenters. The molecule has 13 heteroatoms. The molecule has 0 aliphatic rings. The minimum atomic E-state index is -0.723. The van der Waals surface area contributed by atoms with Crippen molar-refractivity contribution in [2.45, 2.75) is 39.8 Å². The van der Waals surface area contributed by atoms with Gasteiger partial charge in [0.25, 0.3) is 5.56 Å². The first kappa shape index (κ1) is 27.5. The van der Waals surface area contributed by atoms with Gasteiger partial charge < -0.3 is 19.9 Å². The highest BCUT2D eigenvalue weighted by atomic mass is 16.6. The maximum absolute atomic E-state index is 11.4. The number of hydrogen-bond donors (Lipinski definition) is 2. The first-order chi connectivity index (χ1) is 15.9. The average molecular weight is 474 g/mol. The Morgan fingerprint density at radius 1 is 0.794 bits per heavy atom. The number of rotatable bonds is 4. The van der Waals surface area contributed by atoms with Crippen LogP contribution in [0.4, 0.5) is 17.1 Å². The number of aromatic amines is 1. The van der Waals surface area contributed by atoms with E-state index in [1.165, 1.54) is 29.0 Å². The zero-order valence-corrected chi connectivity index (χ0v) is 19.1. The first-order valence-corrected chi connectivity index (χ1v) is 10.0. The highest BCUT2D eigenvalue weighted by molar-refractivity contribution is 5.33. The fraction of sp³-hybridized carbons (Fsp3) is 0.286. The zero-order valence-electron chi connectivity index (χ0n) is 19.1. The quantitative estimate of drug-likeness (QED) is 0.426. The number of pyridine rings is 3. The number of nitrogens with two attached hydrogens (primary N) is 1. The van der Waals surface area contributed by atoms with E-state index in [0.29, 0.717) is 5.69 Å². The maximum atomic E-state index is 11.4. The summed E-state index contributed by atoms with van der Waals surface area (Å²) in [5.74, 6) is 0. The predicted molar refractivity (Wildman–Crippen MR) is 127 cm³/mol. The molecule has 3 rings (SSSR count). The molecule has 0 bridgehead atoms. The fourth-order valence-corrected chi connectivity index (χ4v) is 2.53. The molecule has 0 aliphatic heterocycles. The van der Waals surface area contributed by atoms with Crippen LogP contribution in [0.1, 0.15) is 39.8 Å². The van der Waals surface area contributed by atoms with Gasteiger partial charge in [-0.3, -0.25) is 34.6 Å². The number of H-pyrrole nitrogens is 1. The maximum Gasteiger partial charge on any atom is 0.334 e. The van der Waals surface area contributed by atoms with Gasteiger partial charge in [0.15, 0.2) is 0 Å². The Morgan fingerprint density at radius 2 is 1.26 bits per heavy atom. The standard InChI is InChI=1S/C8H10N2O3.C8H12N2O.C5H4N2O3/c1-6(2)9-5-3-4-7(8(9)11)10(12)13;1-6(2)10-5-3-4-7(9)8(10)11;8-5-4(7(9)10)2-1-3-6-5/h3-6H,1-2H3;3-6H,9H2,1-2H3;1-3H,(H,6,8). The third-order valence-electron chi connectivity index (χ3n) is 4.26. The van der Waals surface area contributed by atoms with Crippen LogP contribution < -0.4 is 22.4 Å². The highest BCUT2D eigenvalue weighted by Crippen LogP contribution is 2.06. The molecule has 13 nitrogen and oxygen atoms in total. The van der Waals surface area contributed by atoms with Gasteiger partial charge in [-0.15, -0.1) is 0 Å². The number of aromatic nitrogens is 3. The van der Waals surface area contributed by atoms with Gasteiger partial charge in [0, 0.05) is 42.8 Å². The lowest BCUT2D eigenvalue weighted by Gasteiger charge is -2.08. The van der Waals surface area contributed by atoms with Crippen molar-refractivity contribution in [1.82, 2.24) is 14.1 Å². The Morgan fingerprint density at radius 3 is 1.68 bits per heavy atom.